The summed E-state index contributed by atoms with van der Waals surface area (Å²) in [5.74, 6) is 0.966. The summed E-state index contributed by atoms with van der Waals surface area (Å²) in [5, 5.41) is 0.481. The van der Waals surface area contributed by atoms with Gasteiger partial charge in [0.2, 0.25) is 0 Å². The molecule has 5 rings (SSSR count). The van der Waals surface area contributed by atoms with Gasteiger partial charge in [0.15, 0.2) is 5.82 Å². The number of fused-ring (bicyclic) bond motifs is 4. The van der Waals surface area contributed by atoms with E-state index in [2.05, 4.69) is 50.8 Å². The van der Waals surface area contributed by atoms with Crippen LogP contribution in [0.3, 0.4) is 0 Å². The number of carbonyl (C=O) groups excluding carboxylic acids is 1. The first-order valence-electron chi connectivity index (χ1n) is 9.18. The van der Waals surface area contributed by atoms with Gasteiger partial charge in [-0.05, 0) is 43.7 Å². The number of likely N-dealkylation sites (tertiary alicyclic amines) is 1. The van der Waals surface area contributed by atoms with Crippen molar-refractivity contribution >= 4 is 23.2 Å². The maximum absolute atomic E-state index is 13.0. The van der Waals surface area contributed by atoms with Crippen LogP contribution in [-0.4, -0.2) is 45.0 Å². The summed E-state index contributed by atoms with van der Waals surface area (Å²) < 4.78 is 2.17. The van der Waals surface area contributed by atoms with E-state index in [4.69, 9.17) is 11.6 Å². The van der Waals surface area contributed by atoms with Crippen molar-refractivity contribution in [1.29, 1.82) is 0 Å². The minimum atomic E-state index is -0.246. The van der Waals surface area contributed by atoms with Gasteiger partial charge in [0, 0.05) is 38.2 Å². The Kier molecular flexibility index (Phi) is 3.59. The number of aromatic nitrogens is 3. The number of halogens is 1. The van der Waals surface area contributed by atoms with Crippen molar-refractivity contribution in [2.45, 2.75) is 18.9 Å². The fourth-order valence-electron chi connectivity index (χ4n) is 4.64. The molecule has 1 fully saturated rings. The summed E-state index contributed by atoms with van der Waals surface area (Å²) >= 11 is 5.96. The second-order valence-electron chi connectivity index (χ2n) is 7.10. The predicted octanol–water partition coefficient (Wildman–Crippen LogP) is 3.44. The lowest BCUT2D eigenvalue weighted by molar-refractivity contribution is 0.0782. The molecule has 1 unspecified atom stereocenters. The van der Waals surface area contributed by atoms with Crippen LogP contribution in [0.2, 0.25) is 5.15 Å². The average molecular weight is 382 g/mol. The van der Waals surface area contributed by atoms with Crippen LogP contribution in [-0.2, 0) is 5.54 Å². The van der Waals surface area contributed by atoms with Crippen LogP contribution in [0, 0.1) is 0 Å². The second kappa shape index (κ2) is 5.89. The van der Waals surface area contributed by atoms with Crippen LogP contribution < -0.4 is 4.90 Å². The highest BCUT2D eigenvalue weighted by molar-refractivity contribution is 6.29. The normalized spacial score (nSPS) is 20.8. The Morgan fingerprint density at radius 2 is 2.26 bits per heavy atom. The highest BCUT2D eigenvalue weighted by Crippen LogP contribution is 2.46. The molecule has 2 aliphatic heterocycles. The van der Waals surface area contributed by atoms with E-state index in [0.29, 0.717) is 23.8 Å². The fraction of sp³-hybridized carbons (Fsp3) is 0.300. The molecular weight excluding hydrogens is 362 g/mol. The van der Waals surface area contributed by atoms with Gasteiger partial charge < -0.3 is 19.4 Å². The summed E-state index contributed by atoms with van der Waals surface area (Å²) in [5.41, 5.74) is 2.67. The van der Waals surface area contributed by atoms with Crippen molar-refractivity contribution in [2.24, 2.45) is 0 Å². The number of carbonyl (C=O) groups is 1. The van der Waals surface area contributed by atoms with Crippen LogP contribution >= 0.6 is 11.6 Å². The van der Waals surface area contributed by atoms with E-state index < -0.39 is 0 Å². The SMILES string of the molecule is CCN1c2cccnc2-n2cccc2C12CCN(C(=O)c1c[nH]c(Cl)c1)C2. The topological polar surface area (TPSA) is 57.2 Å². The lowest BCUT2D eigenvalue weighted by Crippen LogP contribution is -2.52. The molecule has 1 saturated heterocycles. The molecule has 7 heteroatoms. The standard InChI is InChI=1S/C20H20ClN5O/c1-2-26-15-5-3-8-22-18(15)25-9-4-6-16(25)20(26)7-10-24(13-20)19(27)14-11-17(21)23-12-14/h3-6,8-9,11-12,23H,2,7,10,13H2,1H3. The molecule has 1 atom stereocenters. The minimum absolute atomic E-state index is 0.0150. The summed E-state index contributed by atoms with van der Waals surface area (Å²) in [6, 6.07) is 10.00. The molecule has 0 aliphatic carbocycles. The lowest BCUT2D eigenvalue weighted by atomic mass is 9.89. The van der Waals surface area contributed by atoms with E-state index in [9.17, 15) is 4.79 Å². The molecule has 0 saturated carbocycles. The fourth-order valence-corrected chi connectivity index (χ4v) is 4.81. The van der Waals surface area contributed by atoms with Gasteiger partial charge in [-0.2, -0.15) is 0 Å². The Morgan fingerprint density at radius 1 is 1.37 bits per heavy atom. The van der Waals surface area contributed by atoms with E-state index in [0.717, 1.165) is 24.5 Å². The smallest absolute Gasteiger partial charge is 0.255 e. The van der Waals surface area contributed by atoms with Gasteiger partial charge >= 0.3 is 0 Å². The lowest BCUT2D eigenvalue weighted by Gasteiger charge is -2.46. The number of nitrogens with one attached hydrogen (secondary N) is 1. The summed E-state index contributed by atoms with van der Waals surface area (Å²) in [6.45, 7) is 4.36. The molecule has 1 amide bonds. The van der Waals surface area contributed by atoms with Gasteiger partial charge in [0.05, 0.1) is 16.9 Å². The number of hydrogen-bond acceptors (Lipinski definition) is 3. The monoisotopic (exact) mass is 381 g/mol. The first kappa shape index (κ1) is 16.4. The first-order chi connectivity index (χ1) is 13.1. The number of hydrogen-bond donors (Lipinski definition) is 1. The number of pyridine rings is 1. The Hall–Kier alpha value is -2.73. The van der Waals surface area contributed by atoms with Crippen LogP contribution in [0.5, 0.6) is 0 Å². The largest absolute Gasteiger partial charge is 0.356 e. The van der Waals surface area contributed by atoms with E-state index in [1.54, 1.807) is 12.3 Å². The average Bonchev–Trinajstić information content (AvgIpc) is 3.41. The molecule has 0 aromatic carbocycles. The third kappa shape index (κ3) is 2.26. The Bertz CT molecular complexity index is 1020. The molecule has 1 spiro atoms. The Balaban J connectivity index is 1.57. The van der Waals surface area contributed by atoms with E-state index in [-0.39, 0.29) is 11.4 Å². The van der Waals surface area contributed by atoms with Crippen LogP contribution in [0.4, 0.5) is 5.69 Å². The minimum Gasteiger partial charge on any atom is -0.356 e. The third-order valence-corrected chi connectivity index (χ3v) is 5.99. The Morgan fingerprint density at radius 3 is 3.04 bits per heavy atom. The molecule has 5 heterocycles. The van der Waals surface area contributed by atoms with E-state index >= 15 is 0 Å². The molecule has 0 bridgehead atoms. The number of likely N-dealkylation sites (N-methyl/N-ethyl adjacent to an activating group) is 1. The zero-order valence-electron chi connectivity index (χ0n) is 15.0. The molecule has 3 aromatic heterocycles. The third-order valence-electron chi connectivity index (χ3n) is 5.77. The van der Waals surface area contributed by atoms with Crippen LogP contribution in [0.25, 0.3) is 5.82 Å². The second-order valence-corrected chi connectivity index (χ2v) is 7.51. The van der Waals surface area contributed by atoms with Gasteiger partial charge in [-0.1, -0.05) is 11.6 Å². The molecule has 0 radical (unpaired) electrons. The molecule has 1 N–H and O–H groups in total. The Labute approximate surface area is 162 Å². The number of aromatic amines is 1. The van der Waals surface area contributed by atoms with Crippen molar-refractivity contribution in [3.05, 3.63) is 65.3 Å². The first-order valence-corrected chi connectivity index (χ1v) is 9.56. The zero-order valence-corrected chi connectivity index (χ0v) is 15.8. The number of nitrogens with zero attached hydrogens (tertiary/aromatic N) is 4. The molecule has 2 aliphatic rings. The number of H-pyrrole nitrogens is 1. The number of rotatable bonds is 2. The summed E-state index contributed by atoms with van der Waals surface area (Å²) in [6.07, 6.45) is 6.44. The van der Waals surface area contributed by atoms with E-state index in [1.165, 1.54) is 5.69 Å². The van der Waals surface area contributed by atoms with Crippen LogP contribution in [0.1, 0.15) is 29.4 Å². The van der Waals surface area contributed by atoms with Crippen molar-refractivity contribution in [1.82, 2.24) is 19.4 Å². The summed E-state index contributed by atoms with van der Waals surface area (Å²) in [4.78, 5) is 24.8. The maximum Gasteiger partial charge on any atom is 0.255 e. The van der Waals surface area contributed by atoms with Gasteiger partial charge in [0.25, 0.3) is 5.91 Å². The van der Waals surface area contributed by atoms with Gasteiger partial charge in [-0.15, -0.1) is 0 Å². The zero-order chi connectivity index (χ0) is 18.6. The van der Waals surface area contributed by atoms with Crippen molar-refractivity contribution in [2.75, 3.05) is 24.5 Å². The van der Waals surface area contributed by atoms with Gasteiger partial charge in [0.1, 0.15) is 10.7 Å². The van der Waals surface area contributed by atoms with Crippen LogP contribution in [0.15, 0.2) is 48.9 Å². The number of anilines is 1. The quantitative estimate of drug-likeness (QED) is 0.739. The van der Waals surface area contributed by atoms with E-state index in [1.807, 2.05) is 17.2 Å². The van der Waals surface area contributed by atoms with Crippen molar-refractivity contribution in [3.63, 3.8) is 0 Å². The molecular formula is C20H20ClN5O. The predicted molar refractivity (Wildman–Crippen MR) is 105 cm³/mol. The highest BCUT2D eigenvalue weighted by Gasteiger charge is 2.50. The van der Waals surface area contributed by atoms with Gasteiger partial charge in [-0.25, -0.2) is 4.98 Å². The molecule has 138 valence electrons. The van der Waals surface area contributed by atoms with Gasteiger partial charge in [-0.3, -0.25) is 4.79 Å². The van der Waals surface area contributed by atoms with Crippen molar-refractivity contribution < 1.29 is 4.79 Å². The number of amides is 1. The maximum atomic E-state index is 13.0. The molecule has 3 aromatic rings. The summed E-state index contributed by atoms with van der Waals surface area (Å²) in [7, 11) is 0. The molecule has 6 nitrogen and oxygen atoms in total. The molecule has 27 heavy (non-hydrogen) atoms. The highest BCUT2D eigenvalue weighted by atomic mass is 35.5. The van der Waals surface area contributed by atoms with Crippen molar-refractivity contribution in [3.8, 4) is 5.82 Å².